The Hall–Kier alpha value is -3.96. The van der Waals surface area contributed by atoms with Gasteiger partial charge in [0.1, 0.15) is 23.9 Å². The molecule has 0 spiro atoms. The number of rotatable bonds is 12. The van der Waals surface area contributed by atoms with Gasteiger partial charge in [0.15, 0.2) is 18.2 Å². The number of amides is 1. The number of nitrogens with zero attached hydrogens (tertiary/aromatic N) is 5. The fourth-order valence-corrected chi connectivity index (χ4v) is 9.03. The predicted molar refractivity (Wildman–Crippen MR) is 216 cm³/mol. The van der Waals surface area contributed by atoms with Crippen molar-refractivity contribution in [1.82, 2.24) is 24.3 Å². The number of imidazole rings is 1. The van der Waals surface area contributed by atoms with Gasteiger partial charge in [-0.15, -0.1) is 0 Å². The van der Waals surface area contributed by atoms with Crippen LogP contribution in [0.2, 0.25) is 0 Å². The van der Waals surface area contributed by atoms with E-state index in [1.165, 1.54) is 14.0 Å². The maximum atomic E-state index is 14.6. The number of aryl methyl sites for hydroxylation is 1. The Bertz CT molecular complexity index is 1750. The highest BCUT2D eigenvalue weighted by atomic mass is 16.7. The van der Waals surface area contributed by atoms with E-state index in [0.29, 0.717) is 38.2 Å². The van der Waals surface area contributed by atoms with Gasteiger partial charge in [-0.1, -0.05) is 27.7 Å². The van der Waals surface area contributed by atoms with Gasteiger partial charge in [0.2, 0.25) is 5.88 Å². The molecule has 5 rings (SSSR count). The first-order chi connectivity index (χ1) is 27.9. The molecule has 3 fully saturated rings. The number of pyridine rings is 1. The molecule has 59 heavy (non-hydrogen) atoms. The van der Waals surface area contributed by atoms with E-state index in [9.17, 15) is 24.3 Å². The van der Waals surface area contributed by atoms with Crippen molar-refractivity contribution in [3.63, 3.8) is 0 Å². The molecule has 0 aromatic carbocycles. The Morgan fingerprint density at radius 1 is 0.966 bits per heavy atom. The summed E-state index contributed by atoms with van der Waals surface area (Å²) in [6, 6.07) is 2.64. The molecule has 3 aliphatic rings. The summed E-state index contributed by atoms with van der Waals surface area (Å²) < 4.78 is 38.0. The van der Waals surface area contributed by atoms with Gasteiger partial charge in [-0.05, 0) is 73.0 Å². The summed E-state index contributed by atoms with van der Waals surface area (Å²) in [6.07, 6.45) is 1.74. The molecule has 0 saturated carbocycles. The number of carbonyl (C=O) groups is 4. The van der Waals surface area contributed by atoms with E-state index < -0.39 is 83.9 Å². The van der Waals surface area contributed by atoms with Crippen LogP contribution in [0.3, 0.4) is 0 Å². The van der Waals surface area contributed by atoms with Crippen LogP contribution < -0.4 is 4.74 Å². The van der Waals surface area contributed by atoms with Gasteiger partial charge < -0.3 is 47.9 Å². The highest BCUT2D eigenvalue weighted by Crippen LogP contribution is 2.39. The number of carbonyl (C=O) groups excluding carboxylic acids is 4. The Kier molecular flexibility index (Phi) is 15.3. The largest absolute Gasteiger partial charge is 0.481 e. The fourth-order valence-electron chi connectivity index (χ4n) is 9.03. The molecule has 3 aliphatic heterocycles. The number of cyclic esters (lactones) is 1. The molecule has 3 saturated heterocycles. The molecule has 13 atom stereocenters. The molecular weight excluding hydrogens is 762 g/mol. The number of aliphatic hydroxyl groups excluding tert-OH is 1. The highest BCUT2D eigenvalue weighted by Gasteiger charge is 2.54. The highest BCUT2D eigenvalue weighted by molar-refractivity contribution is 6.00. The minimum atomic E-state index is -1.26. The standard InChI is InChI=1S/C43H65N5O11/c1-12-32-38-34(48(42(53)58-38)18-14-13-17-47-22-30(45-23-47)29-15-16-33(54-10)44-21-29)26(4)35(49)24(2)20-43(7,55-11)39(27(5)36(50)28(6)40(52)57-32)59-41-37(51)31(46(8)9)19-25(3)56-41/h15-16,21-28,31-32,34,37-39,41,51H,12-14,17-20H2,1-11H3/t24-,25-,26-,27+,28-,31+,32-,34-,37-,38-,39-,41+,43-/m1/s1. The summed E-state index contributed by atoms with van der Waals surface area (Å²) in [5, 5.41) is 11.4. The van der Waals surface area contributed by atoms with Crippen molar-refractivity contribution in [2.75, 3.05) is 34.9 Å². The molecule has 2 aromatic rings. The number of ketones is 2. The van der Waals surface area contributed by atoms with E-state index in [-0.39, 0.29) is 30.8 Å². The van der Waals surface area contributed by atoms with Crippen molar-refractivity contribution in [3.05, 3.63) is 30.9 Å². The number of hydrogen-bond acceptors (Lipinski definition) is 14. The average molecular weight is 828 g/mol. The first-order valence-electron chi connectivity index (χ1n) is 20.9. The van der Waals surface area contributed by atoms with Crippen LogP contribution in [-0.4, -0.2) is 142 Å². The van der Waals surface area contributed by atoms with Crippen LogP contribution in [-0.2, 0) is 44.6 Å². The first-order valence-corrected chi connectivity index (χ1v) is 20.9. The molecule has 1 amide bonds. The summed E-state index contributed by atoms with van der Waals surface area (Å²) in [7, 11) is 6.80. The minimum Gasteiger partial charge on any atom is -0.481 e. The molecule has 0 unspecified atom stereocenters. The fraction of sp³-hybridized carbons (Fsp3) is 0.721. The van der Waals surface area contributed by atoms with Gasteiger partial charge in [-0.3, -0.25) is 14.4 Å². The second kappa shape index (κ2) is 19.6. The normalized spacial score (nSPS) is 35.0. The van der Waals surface area contributed by atoms with Crippen LogP contribution in [0, 0.1) is 23.7 Å². The lowest BCUT2D eigenvalue weighted by molar-refractivity contribution is -0.295. The molecule has 328 valence electrons. The van der Waals surface area contributed by atoms with Crippen LogP contribution in [0.4, 0.5) is 4.79 Å². The first kappa shape index (κ1) is 46.1. The molecule has 0 aliphatic carbocycles. The number of unbranched alkanes of at least 4 members (excludes halogenated alkanes) is 1. The quantitative estimate of drug-likeness (QED) is 0.179. The number of likely N-dealkylation sites (N-methyl/N-ethyl adjacent to an activating group) is 1. The lowest BCUT2D eigenvalue weighted by Crippen LogP contribution is -2.59. The van der Waals surface area contributed by atoms with Gasteiger partial charge in [0, 0.05) is 68.0 Å². The Balaban J connectivity index is 1.39. The van der Waals surface area contributed by atoms with Crippen LogP contribution in [0.25, 0.3) is 11.3 Å². The van der Waals surface area contributed by atoms with E-state index >= 15 is 0 Å². The minimum absolute atomic E-state index is 0.131. The van der Waals surface area contributed by atoms with Crippen molar-refractivity contribution in [1.29, 1.82) is 0 Å². The van der Waals surface area contributed by atoms with Crippen molar-refractivity contribution < 1.29 is 52.7 Å². The third-order valence-electron chi connectivity index (χ3n) is 12.6. The van der Waals surface area contributed by atoms with Crippen LogP contribution in [0.15, 0.2) is 30.9 Å². The summed E-state index contributed by atoms with van der Waals surface area (Å²) in [4.78, 5) is 68.6. The number of hydrogen-bond donors (Lipinski definition) is 1. The van der Waals surface area contributed by atoms with E-state index in [1.54, 1.807) is 58.3 Å². The summed E-state index contributed by atoms with van der Waals surface area (Å²) in [5.41, 5.74) is 0.363. The molecular formula is C43H65N5O11. The maximum absolute atomic E-state index is 14.6. The van der Waals surface area contributed by atoms with E-state index in [0.717, 1.165) is 11.3 Å². The number of aliphatic hydroxyl groups is 1. The smallest absolute Gasteiger partial charge is 0.410 e. The lowest BCUT2D eigenvalue weighted by atomic mass is 9.75. The number of aromatic nitrogens is 3. The third kappa shape index (κ3) is 10.2. The molecule has 0 radical (unpaired) electrons. The topological polar surface area (TPSA) is 181 Å². The summed E-state index contributed by atoms with van der Waals surface area (Å²) in [6.45, 7) is 13.2. The van der Waals surface area contributed by atoms with Crippen molar-refractivity contribution in [2.24, 2.45) is 23.7 Å². The molecule has 2 aromatic heterocycles. The van der Waals surface area contributed by atoms with E-state index in [1.807, 2.05) is 49.7 Å². The average Bonchev–Trinajstić information content (AvgIpc) is 3.83. The lowest BCUT2D eigenvalue weighted by Gasteiger charge is -2.47. The molecule has 16 nitrogen and oxygen atoms in total. The SMILES string of the molecule is CC[C@H]1OC(=O)[C@H](C)C(=O)[C@H](C)[C@@H](O[C@@H]2O[C@H](C)C[C@H](N(C)C)[C@H]2O)[C@](C)(OC)C[C@@H](C)C(=O)[C@H](C)[C@@H]2[C@@H]1OC(=O)N2CCCCn1cnc(-c2ccc(OC)nc2)c1. The molecule has 0 bridgehead atoms. The second-order valence-corrected chi connectivity index (χ2v) is 17.1. The predicted octanol–water partition coefficient (Wildman–Crippen LogP) is 4.55. The van der Waals surface area contributed by atoms with E-state index in [2.05, 4.69) is 9.97 Å². The Labute approximate surface area is 348 Å². The molecule has 16 heteroatoms. The zero-order chi connectivity index (χ0) is 43.3. The summed E-state index contributed by atoms with van der Waals surface area (Å²) in [5.74, 6) is -4.39. The van der Waals surface area contributed by atoms with Crippen LogP contribution in [0.1, 0.15) is 80.6 Å². The second-order valence-electron chi connectivity index (χ2n) is 17.1. The van der Waals surface area contributed by atoms with Gasteiger partial charge in [-0.2, -0.15) is 0 Å². The van der Waals surface area contributed by atoms with Gasteiger partial charge in [-0.25, -0.2) is 14.8 Å². The number of ether oxygens (including phenoxy) is 6. The zero-order valence-electron chi connectivity index (χ0n) is 36.5. The third-order valence-corrected chi connectivity index (χ3v) is 12.6. The van der Waals surface area contributed by atoms with E-state index in [4.69, 9.17) is 28.4 Å². The maximum Gasteiger partial charge on any atom is 0.410 e. The monoisotopic (exact) mass is 827 g/mol. The number of methoxy groups -OCH3 is 2. The Morgan fingerprint density at radius 2 is 1.68 bits per heavy atom. The Morgan fingerprint density at radius 3 is 2.31 bits per heavy atom. The van der Waals surface area contributed by atoms with Crippen LogP contribution in [0.5, 0.6) is 5.88 Å². The van der Waals surface area contributed by atoms with Crippen LogP contribution >= 0.6 is 0 Å². The number of fused-ring (bicyclic) bond motifs is 1. The van der Waals surface area contributed by atoms with Gasteiger partial charge in [0.05, 0.1) is 43.0 Å². The molecule has 5 heterocycles. The van der Waals surface area contributed by atoms with Crippen molar-refractivity contribution in [2.45, 2.75) is 142 Å². The van der Waals surface area contributed by atoms with Gasteiger partial charge >= 0.3 is 12.1 Å². The zero-order valence-corrected chi connectivity index (χ0v) is 36.5. The van der Waals surface area contributed by atoms with Crippen molar-refractivity contribution >= 4 is 23.6 Å². The van der Waals surface area contributed by atoms with Crippen molar-refractivity contribution in [3.8, 4) is 17.1 Å². The molecule has 1 N–H and O–H groups in total. The summed E-state index contributed by atoms with van der Waals surface area (Å²) >= 11 is 0. The number of esters is 1. The number of Topliss-reactive ketones (excluding diaryl/α,β-unsaturated/α-hetero) is 2. The van der Waals surface area contributed by atoms with Gasteiger partial charge in [0.25, 0.3) is 0 Å².